The van der Waals surface area contributed by atoms with Crippen molar-refractivity contribution in [1.29, 1.82) is 0 Å². The van der Waals surface area contributed by atoms with Crippen molar-refractivity contribution in [2.45, 2.75) is 33.1 Å². The minimum Gasteiger partial charge on any atom is -0.479 e. The first-order valence-electron chi connectivity index (χ1n) is 5.76. The Labute approximate surface area is 109 Å². The van der Waals surface area contributed by atoms with Crippen LogP contribution in [0.4, 0.5) is 13.2 Å². The van der Waals surface area contributed by atoms with Crippen molar-refractivity contribution in [2.75, 3.05) is 6.61 Å². The molecule has 0 radical (unpaired) electrons. The van der Waals surface area contributed by atoms with E-state index in [4.69, 9.17) is 9.47 Å². The molecule has 0 N–H and O–H groups in total. The van der Waals surface area contributed by atoms with Crippen molar-refractivity contribution in [3.63, 3.8) is 0 Å². The molecule has 0 spiro atoms. The van der Waals surface area contributed by atoms with Crippen LogP contribution in [0, 0.1) is 6.92 Å². The highest BCUT2D eigenvalue weighted by Crippen LogP contribution is 2.32. The maximum absolute atomic E-state index is 12.6. The first-order valence-corrected chi connectivity index (χ1v) is 5.76. The third-order valence-electron chi connectivity index (χ3n) is 2.31. The van der Waals surface area contributed by atoms with Crippen molar-refractivity contribution < 1.29 is 27.4 Å². The van der Waals surface area contributed by atoms with Gasteiger partial charge < -0.3 is 9.47 Å². The molecule has 0 aliphatic heterocycles. The maximum Gasteiger partial charge on any atom is 0.416 e. The highest BCUT2D eigenvalue weighted by molar-refractivity contribution is 5.74. The van der Waals surface area contributed by atoms with Gasteiger partial charge in [-0.2, -0.15) is 13.2 Å². The van der Waals surface area contributed by atoms with E-state index in [2.05, 4.69) is 0 Å². The molecular weight excluding hydrogens is 261 g/mol. The first-order chi connectivity index (χ1) is 8.74. The minimum absolute atomic E-state index is 0.00659. The van der Waals surface area contributed by atoms with Gasteiger partial charge in [0, 0.05) is 0 Å². The van der Waals surface area contributed by atoms with E-state index in [0.29, 0.717) is 5.56 Å². The molecule has 0 aliphatic rings. The van der Waals surface area contributed by atoms with Gasteiger partial charge in [-0.05, 0) is 44.5 Å². The average molecular weight is 276 g/mol. The lowest BCUT2D eigenvalue weighted by atomic mass is 10.1. The van der Waals surface area contributed by atoms with Gasteiger partial charge in [0.1, 0.15) is 5.75 Å². The van der Waals surface area contributed by atoms with E-state index in [-0.39, 0.29) is 12.4 Å². The molecule has 1 aromatic rings. The van der Waals surface area contributed by atoms with Crippen LogP contribution >= 0.6 is 0 Å². The van der Waals surface area contributed by atoms with Crippen LogP contribution in [0.1, 0.15) is 25.0 Å². The van der Waals surface area contributed by atoms with E-state index in [1.165, 1.54) is 19.9 Å². The molecule has 106 valence electrons. The topological polar surface area (TPSA) is 35.5 Å². The molecule has 0 amide bonds. The summed E-state index contributed by atoms with van der Waals surface area (Å²) in [5, 5.41) is 0. The fourth-order valence-electron chi connectivity index (χ4n) is 1.49. The number of carbonyl (C=O) groups excluding carboxylic acids is 1. The summed E-state index contributed by atoms with van der Waals surface area (Å²) in [6.07, 6.45) is -5.40. The monoisotopic (exact) mass is 276 g/mol. The summed E-state index contributed by atoms with van der Waals surface area (Å²) < 4.78 is 47.7. The van der Waals surface area contributed by atoms with Gasteiger partial charge in [-0.25, -0.2) is 4.79 Å². The summed E-state index contributed by atoms with van der Waals surface area (Å²) in [7, 11) is 0. The number of alkyl halides is 3. The van der Waals surface area contributed by atoms with Gasteiger partial charge in [-0.3, -0.25) is 0 Å². The lowest BCUT2D eigenvalue weighted by molar-refractivity contribution is -0.150. The Bertz CT molecular complexity index is 455. The molecule has 6 heteroatoms. The molecule has 0 fully saturated rings. The number of ether oxygens (including phenoxy) is 2. The Morgan fingerprint density at radius 2 is 1.95 bits per heavy atom. The van der Waals surface area contributed by atoms with E-state index in [0.717, 1.165) is 12.1 Å². The zero-order chi connectivity index (χ0) is 14.6. The average Bonchev–Trinajstić information content (AvgIpc) is 2.27. The zero-order valence-corrected chi connectivity index (χ0v) is 10.9. The first kappa shape index (κ1) is 15.3. The second-order valence-corrected chi connectivity index (χ2v) is 4.04. The Morgan fingerprint density at radius 3 is 2.47 bits per heavy atom. The summed E-state index contributed by atoms with van der Waals surface area (Å²) in [6.45, 7) is 4.78. The lowest BCUT2D eigenvalue weighted by Crippen LogP contribution is -2.26. The van der Waals surface area contributed by atoms with Gasteiger partial charge in [-0.1, -0.05) is 0 Å². The number of hydrogen-bond donors (Lipinski definition) is 0. The normalized spacial score (nSPS) is 12.9. The molecule has 1 atom stereocenters. The Kier molecular flexibility index (Phi) is 4.80. The van der Waals surface area contributed by atoms with Crippen LogP contribution in [0.5, 0.6) is 5.75 Å². The Hall–Kier alpha value is -1.72. The molecule has 1 rings (SSSR count). The van der Waals surface area contributed by atoms with Crippen molar-refractivity contribution in [1.82, 2.24) is 0 Å². The molecule has 1 aromatic carbocycles. The van der Waals surface area contributed by atoms with Gasteiger partial charge in [0.05, 0.1) is 12.2 Å². The van der Waals surface area contributed by atoms with E-state index in [1.807, 2.05) is 0 Å². The third-order valence-corrected chi connectivity index (χ3v) is 2.31. The van der Waals surface area contributed by atoms with Gasteiger partial charge in [0.15, 0.2) is 6.10 Å². The van der Waals surface area contributed by atoms with E-state index < -0.39 is 23.8 Å². The van der Waals surface area contributed by atoms with Gasteiger partial charge in [0.25, 0.3) is 0 Å². The number of rotatable bonds is 4. The smallest absolute Gasteiger partial charge is 0.416 e. The maximum atomic E-state index is 12.6. The molecule has 0 aromatic heterocycles. The summed E-state index contributed by atoms with van der Waals surface area (Å²) in [4.78, 5) is 11.3. The van der Waals surface area contributed by atoms with Crippen molar-refractivity contribution in [3.8, 4) is 5.75 Å². The molecule has 3 nitrogen and oxygen atoms in total. The van der Waals surface area contributed by atoms with Crippen molar-refractivity contribution >= 4 is 5.97 Å². The molecule has 0 bridgehead atoms. The summed E-state index contributed by atoms with van der Waals surface area (Å²) in [6, 6.07) is 3.32. The van der Waals surface area contributed by atoms with Gasteiger partial charge >= 0.3 is 12.1 Å². The van der Waals surface area contributed by atoms with Crippen molar-refractivity contribution in [3.05, 3.63) is 29.3 Å². The molecular formula is C13H15F3O3. The third kappa shape index (κ3) is 4.46. The van der Waals surface area contributed by atoms with Crippen LogP contribution in [0.15, 0.2) is 18.2 Å². The highest BCUT2D eigenvalue weighted by atomic mass is 19.4. The van der Waals surface area contributed by atoms with Crippen LogP contribution < -0.4 is 4.74 Å². The highest BCUT2D eigenvalue weighted by Gasteiger charge is 2.31. The molecule has 0 aliphatic carbocycles. The van der Waals surface area contributed by atoms with Crippen LogP contribution in [-0.2, 0) is 15.7 Å². The molecule has 0 saturated heterocycles. The van der Waals surface area contributed by atoms with Crippen molar-refractivity contribution in [2.24, 2.45) is 0 Å². The Morgan fingerprint density at radius 1 is 1.32 bits per heavy atom. The van der Waals surface area contributed by atoms with E-state index in [1.54, 1.807) is 6.92 Å². The summed E-state index contributed by atoms with van der Waals surface area (Å²) >= 11 is 0. The SMILES string of the molecule is CCOC(=O)C(C)Oc1cc(C)cc(C(F)(F)F)c1. The fraction of sp³-hybridized carbons (Fsp3) is 0.462. The van der Waals surface area contributed by atoms with Crippen LogP contribution in [-0.4, -0.2) is 18.7 Å². The zero-order valence-electron chi connectivity index (χ0n) is 10.9. The number of halogens is 3. The quantitative estimate of drug-likeness (QED) is 0.791. The van der Waals surface area contributed by atoms with Crippen LogP contribution in [0.2, 0.25) is 0 Å². The van der Waals surface area contributed by atoms with Gasteiger partial charge in [0.2, 0.25) is 0 Å². The molecule has 0 saturated carbocycles. The molecule has 0 heterocycles. The molecule has 1 unspecified atom stereocenters. The number of hydrogen-bond acceptors (Lipinski definition) is 3. The predicted molar refractivity (Wildman–Crippen MR) is 62.9 cm³/mol. The van der Waals surface area contributed by atoms with Gasteiger partial charge in [-0.15, -0.1) is 0 Å². The second kappa shape index (κ2) is 5.95. The standard InChI is InChI=1S/C13H15F3O3/c1-4-18-12(17)9(3)19-11-6-8(2)5-10(7-11)13(14,15)16/h5-7,9H,4H2,1-3H3. The number of carbonyl (C=O) groups is 1. The minimum atomic E-state index is -4.45. The predicted octanol–water partition coefficient (Wildman–Crippen LogP) is 3.34. The fourth-order valence-corrected chi connectivity index (χ4v) is 1.49. The molecule has 19 heavy (non-hydrogen) atoms. The van der Waals surface area contributed by atoms with E-state index >= 15 is 0 Å². The summed E-state index contributed by atoms with van der Waals surface area (Å²) in [5.41, 5.74) is -0.403. The van der Waals surface area contributed by atoms with Crippen LogP contribution in [0.3, 0.4) is 0 Å². The second-order valence-electron chi connectivity index (χ2n) is 4.04. The summed E-state index contributed by atoms with van der Waals surface area (Å²) in [5.74, 6) is -0.620. The Balaban J connectivity index is 2.90. The number of esters is 1. The number of aryl methyl sites for hydroxylation is 1. The number of benzene rings is 1. The lowest BCUT2D eigenvalue weighted by Gasteiger charge is -2.15. The van der Waals surface area contributed by atoms with E-state index in [9.17, 15) is 18.0 Å². The van der Waals surface area contributed by atoms with Crippen LogP contribution in [0.25, 0.3) is 0 Å². The largest absolute Gasteiger partial charge is 0.479 e.